The number of rotatable bonds is 7. The van der Waals surface area contributed by atoms with Crippen molar-refractivity contribution in [2.45, 2.75) is 19.8 Å². The lowest BCUT2D eigenvalue weighted by atomic mass is 10.1. The number of amides is 1. The molecule has 0 radical (unpaired) electrons. The highest BCUT2D eigenvalue weighted by Gasteiger charge is 2.06. The number of nitrogens with zero attached hydrogens (tertiary/aromatic N) is 1. The van der Waals surface area contributed by atoms with Gasteiger partial charge in [-0.2, -0.15) is 5.10 Å². The van der Waals surface area contributed by atoms with E-state index in [0.29, 0.717) is 21.4 Å². The smallest absolute Gasteiger partial charge is 0.277 e. The van der Waals surface area contributed by atoms with Crippen molar-refractivity contribution in [1.29, 1.82) is 0 Å². The first-order chi connectivity index (χ1) is 12.0. The Morgan fingerprint density at radius 1 is 1.28 bits per heavy atom. The van der Waals surface area contributed by atoms with Crippen LogP contribution in [0.4, 0.5) is 0 Å². The molecule has 0 unspecified atom stereocenters. The summed E-state index contributed by atoms with van der Waals surface area (Å²) in [6.07, 6.45) is 3.53. The summed E-state index contributed by atoms with van der Waals surface area (Å²) in [5.74, 6) is 0.241. The zero-order chi connectivity index (χ0) is 18.2. The third-order valence-corrected chi connectivity index (χ3v) is 4.43. The van der Waals surface area contributed by atoms with E-state index in [2.05, 4.69) is 33.4 Å². The van der Waals surface area contributed by atoms with Crippen LogP contribution in [0.2, 0.25) is 10.0 Å². The van der Waals surface area contributed by atoms with Gasteiger partial charge in [0, 0.05) is 10.6 Å². The van der Waals surface area contributed by atoms with E-state index in [9.17, 15) is 4.79 Å². The van der Waals surface area contributed by atoms with Crippen molar-refractivity contribution in [3.63, 3.8) is 0 Å². The van der Waals surface area contributed by atoms with Crippen LogP contribution in [0.3, 0.4) is 0 Å². The van der Waals surface area contributed by atoms with Crippen molar-refractivity contribution in [3.8, 4) is 5.75 Å². The monoisotopic (exact) mass is 442 g/mol. The van der Waals surface area contributed by atoms with Gasteiger partial charge < -0.3 is 4.74 Å². The molecule has 7 heteroatoms. The fourth-order valence-electron chi connectivity index (χ4n) is 2.06. The molecule has 0 fully saturated rings. The van der Waals surface area contributed by atoms with Gasteiger partial charge in [0.1, 0.15) is 5.75 Å². The maximum atomic E-state index is 11.8. The molecule has 0 bridgehead atoms. The maximum Gasteiger partial charge on any atom is 0.277 e. The summed E-state index contributed by atoms with van der Waals surface area (Å²) >= 11 is 15.3. The third-order valence-electron chi connectivity index (χ3n) is 3.25. The molecule has 0 spiro atoms. The normalized spacial score (nSPS) is 10.9. The summed E-state index contributed by atoms with van der Waals surface area (Å²) in [7, 11) is 0. The molecule has 1 N–H and O–H groups in total. The lowest BCUT2D eigenvalue weighted by Gasteiger charge is -2.08. The molecule has 2 aromatic carbocycles. The molecule has 0 aliphatic rings. The Morgan fingerprint density at radius 2 is 2.08 bits per heavy atom. The van der Waals surface area contributed by atoms with E-state index in [1.807, 2.05) is 18.2 Å². The number of carbonyl (C=O) groups is 1. The molecule has 132 valence electrons. The summed E-state index contributed by atoms with van der Waals surface area (Å²) in [4.78, 5) is 11.8. The molecular weight excluding hydrogens is 427 g/mol. The molecule has 25 heavy (non-hydrogen) atoms. The predicted octanol–water partition coefficient (Wildman–Crippen LogP) is 5.24. The molecule has 2 aromatic rings. The lowest BCUT2D eigenvalue weighted by molar-refractivity contribution is -0.123. The number of carbonyl (C=O) groups excluding carboxylic acids is 1. The summed E-state index contributed by atoms with van der Waals surface area (Å²) in [6.45, 7) is 1.98. The van der Waals surface area contributed by atoms with Crippen LogP contribution in [0, 0.1) is 0 Å². The number of ether oxygens (including phenoxy) is 1. The van der Waals surface area contributed by atoms with Crippen LogP contribution in [-0.2, 0) is 11.2 Å². The Balaban J connectivity index is 1.85. The van der Waals surface area contributed by atoms with Crippen LogP contribution in [-0.4, -0.2) is 18.7 Å². The van der Waals surface area contributed by atoms with Gasteiger partial charge in [0.2, 0.25) is 0 Å². The Bertz CT molecular complexity index is 782. The van der Waals surface area contributed by atoms with Crippen molar-refractivity contribution >= 4 is 51.3 Å². The molecule has 2 rings (SSSR count). The average Bonchev–Trinajstić information content (AvgIpc) is 2.56. The van der Waals surface area contributed by atoms with E-state index in [0.717, 1.165) is 17.3 Å². The first kappa shape index (κ1) is 19.8. The van der Waals surface area contributed by atoms with Crippen LogP contribution in [0.25, 0.3) is 0 Å². The highest BCUT2D eigenvalue weighted by atomic mass is 79.9. The third kappa shape index (κ3) is 6.34. The van der Waals surface area contributed by atoms with Crippen molar-refractivity contribution in [2.75, 3.05) is 6.61 Å². The second-order valence-corrected chi connectivity index (χ2v) is 6.96. The minimum absolute atomic E-state index is 0.141. The number of benzene rings is 2. The molecule has 0 aromatic heterocycles. The van der Waals surface area contributed by atoms with Gasteiger partial charge in [0.05, 0.1) is 15.7 Å². The van der Waals surface area contributed by atoms with Crippen molar-refractivity contribution in [1.82, 2.24) is 5.43 Å². The van der Waals surface area contributed by atoms with E-state index in [-0.39, 0.29) is 12.5 Å². The highest BCUT2D eigenvalue weighted by molar-refractivity contribution is 9.10. The number of hydrogen-bond donors (Lipinski definition) is 1. The standard InChI is InChI=1S/C18H17BrCl2N2O2/c1-2-3-12-4-7-17(15(19)8-12)25-11-18(24)23-22-10-13-5-6-14(20)9-16(13)21/h4-10H,2-3,11H2,1H3,(H,23,24)/b22-10+. The Morgan fingerprint density at radius 3 is 2.76 bits per heavy atom. The Hall–Kier alpha value is -1.56. The molecule has 0 saturated heterocycles. The first-order valence-electron chi connectivity index (χ1n) is 7.67. The number of hydrazone groups is 1. The molecule has 1 amide bonds. The minimum atomic E-state index is -0.370. The van der Waals surface area contributed by atoms with Crippen LogP contribution in [0.1, 0.15) is 24.5 Å². The van der Waals surface area contributed by atoms with Gasteiger partial charge in [-0.05, 0) is 52.2 Å². The summed E-state index contributed by atoms with van der Waals surface area (Å²) in [5, 5.41) is 4.85. The summed E-state index contributed by atoms with van der Waals surface area (Å²) in [6, 6.07) is 10.8. The Labute approximate surface area is 165 Å². The van der Waals surface area contributed by atoms with Gasteiger partial charge in [-0.3, -0.25) is 4.79 Å². The van der Waals surface area contributed by atoms with Gasteiger partial charge in [-0.1, -0.05) is 48.7 Å². The zero-order valence-electron chi connectivity index (χ0n) is 13.6. The topological polar surface area (TPSA) is 50.7 Å². The molecule has 0 heterocycles. The quantitative estimate of drug-likeness (QED) is 0.470. The van der Waals surface area contributed by atoms with Crippen LogP contribution in [0.15, 0.2) is 46.0 Å². The molecule has 4 nitrogen and oxygen atoms in total. The number of aryl methyl sites for hydroxylation is 1. The van der Waals surface area contributed by atoms with Crippen LogP contribution < -0.4 is 10.2 Å². The van der Waals surface area contributed by atoms with E-state index in [1.54, 1.807) is 18.2 Å². The van der Waals surface area contributed by atoms with Crippen molar-refractivity contribution < 1.29 is 9.53 Å². The fourth-order valence-corrected chi connectivity index (χ4v) is 3.06. The zero-order valence-corrected chi connectivity index (χ0v) is 16.7. The van der Waals surface area contributed by atoms with E-state index < -0.39 is 0 Å². The molecule has 0 atom stereocenters. The van der Waals surface area contributed by atoms with E-state index in [4.69, 9.17) is 27.9 Å². The van der Waals surface area contributed by atoms with Gasteiger partial charge in [-0.25, -0.2) is 5.43 Å². The molecule has 0 aliphatic carbocycles. The predicted molar refractivity (Wildman–Crippen MR) is 106 cm³/mol. The van der Waals surface area contributed by atoms with Gasteiger partial charge in [0.15, 0.2) is 6.61 Å². The lowest BCUT2D eigenvalue weighted by Crippen LogP contribution is -2.24. The molecule has 0 aliphatic heterocycles. The van der Waals surface area contributed by atoms with Gasteiger partial charge in [0.25, 0.3) is 5.91 Å². The number of nitrogens with one attached hydrogen (secondary N) is 1. The van der Waals surface area contributed by atoms with Gasteiger partial charge >= 0.3 is 0 Å². The SMILES string of the molecule is CCCc1ccc(OCC(=O)N/N=C/c2ccc(Cl)cc2Cl)c(Br)c1. The summed E-state index contributed by atoms with van der Waals surface area (Å²) in [5.41, 5.74) is 4.27. The maximum absolute atomic E-state index is 11.8. The molecule has 0 saturated carbocycles. The molecular formula is C18H17BrCl2N2O2. The Kier molecular flexibility index (Phi) is 7.75. The van der Waals surface area contributed by atoms with Crippen LogP contribution in [0.5, 0.6) is 5.75 Å². The summed E-state index contributed by atoms with van der Waals surface area (Å²) < 4.78 is 6.32. The number of halogens is 3. The van der Waals surface area contributed by atoms with Gasteiger partial charge in [-0.15, -0.1) is 0 Å². The highest BCUT2D eigenvalue weighted by Crippen LogP contribution is 2.26. The number of hydrogen-bond acceptors (Lipinski definition) is 3. The second kappa shape index (κ2) is 9.80. The largest absolute Gasteiger partial charge is 0.483 e. The van der Waals surface area contributed by atoms with E-state index >= 15 is 0 Å². The van der Waals surface area contributed by atoms with Crippen molar-refractivity contribution in [3.05, 3.63) is 62.0 Å². The fraction of sp³-hybridized carbons (Fsp3) is 0.222. The first-order valence-corrected chi connectivity index (χ1v) is 9.22. The van der Waals surface area contributed by atoms with Crippen LogP contribution >= 0.6 is 39.1 Å². The van der Waals surface area contributed by atoms with Crippen molar-refractivity contribution in [2.24, 2.45) is 5.10 Å². The second-order valence-electron chi connectivity index (χ2n) is 5.26. The minimum Gasteiger partial charge on any atom is -0.483 e. The van der Waals surface area contributed by atoms with E-state index in [1.165, 1.54) is 11.8 Å². The average molecular weight is 444 g/mol.